The second kappa shape index (κ2) is 4.79. The number of hydrogen-bond acceptors (Lipinski definition) is 2. The number of hydrogen-bond donors (Lipinski definition) is 1. The third-order valence-electron chi connectivity index (χ3n) is 2.19. The van der Waals surface area contributed by atoms with Gasteiger partial charge in [0.05, 0.1) is 11.7 Å². The predicted molar refractivity (Wildman–Crippen MR) is 54.7 cm³/mol. The van der Waals surface area contributed by atoms with Gasteiger partial charge >= 0.3 is 0 Å². The molecule has 0 spiro atoms. The van der Waals surface area contributed by atoms with E-state index in [1.807, 2.05) is 31.5 Å². The van der Waals surface area contributed by atoms with Crippen LogP contribution in [0.25, 0.3) is 0 Å². The Hall–Kier alpha value is -1.32. The molecule has 0 saturated carbocycles. The van der Waals surface area contributed by atoms with Crippen LogP contribution in [0.3, 0.4) is 0 Å². The molecule has 14 heavy (non-hydrogen) atoms. The van der Waals surface area contributed by atoms with Gasteiger partial charge in [0.25, 0.3) is 0 Å². The van der Waals surface area contributed by atoms with E-state index in [2.05, 4.69) is 10.4 Å². The van der Waals surface area contributed by atoms with Crippen molar-refractivity contribution in [3.05, 3.63) is 18.0 Å². The van der Waals surface area contributed by atoms with E-state index >= 15 is 0 Å². The summed E-state index contributed by atoms with van der Waals surface area (Å²) in [6.07, 6.45) is 2.28. The molecule has 1 heterocycles. The second-order valence-corrected chi connectivity index (χ2v) is 3.21. The summed E-state index contributed by atoms with van der Waals surface area (Å²) >= 11 is 0. The number of carbonyl (C=O) groups excluding carboxylic acids is 1. The molecule has 0 saturated heterocycles. The molecule has 0 aliphatic carbocycles. The minimum Gasteiger partial charge on any atom is -0.348 e. The Bertz CT molecular complexity index is 306. The average molecular weight is 195 g/mol. The minimum absolute atomic E-state index is 0.0323. The lowest BCUT2D eigenvalue weighted by atomic mass is 10.2. The molecule has 1 aromatic heterocycles. The number of amides is 1. The van der Waals surface area contributed by atoms with Crippen LogP contribution in [0.2, 0.25) is 0 Å². The molecular weight excluding hydrogens is 178 g/mol. The third-order valence-corrected chi connectivity index (χ3v) is 2.19. The smallest absolute Gasteiger partial charge is 0.220 e. The number of aromatic nitrogens is 2. The molecule has 1 amide bonds. The van der Waals surface area contributed by atoms with Crippen LogP contribution >= 0.6 is 0 Å². The molecule has 1 unspecified atom stereocenters. The maximum Gasteiger partial charge on any atom is 0.220 e. The highest BCUT2D eigenvalue weighted by Crippen LogP contribution is 2.11. The molecule has 1 atom stereocenters. The molecule has 78 valence electrons. The lowest BCUT2D eigenvalue weighted by molar-refractivity contribution is -0.121. The normalized spacial score (nSPS) is 12.5. The van der Waals surface area contributed by atoms with Gasteiger partial charge in [0.15, 0.2) is 0 Å². The first-order valence-electron chi connectivity index (χ1n) is 5.00. The molecule has 1 aromatic rings. The molecule has 0 fully saturated rings. The van der Waals surface area contributed by atoms with E-state index in [-0.39, 0.29) is 11.9 Å². The van der Waals surface area contributed by atoms with Crippen LogP contribution in [-0.4, -0.2) is 15.7 Å². The quantitative estimate of drug-likeness (QED) is 0.791. The molecule has 0 aromatic carbocycles. The van der Waals surface area contributed by atoms with Gasteiger partial charge in [0.1, 0.15) is 0 Å². The lowest BCUT2D eigenvalue weighted by Gasteiger charge is -2.14. The summed E-state index contributed by atoms with van der Waals surface area (Å²) in [5.41, 5.74) is 1.05. The number of rotatable bonds is 4. The van der Waals surface area contributed by atoms with Gasteiger partial charge in [0.2, 0.25) is 5.91 Å². The summed E-state index contributed by atoms with van der Waals surface area (Å²) in [6.45, 7) is 6.68. The van der Waals surface area contributed by atoms with Gasteiger partial charge in [0, 0.05) is 19.2 Å². The third kappa shape index (κ3) is 2.34. The predicted octanol–water partition coefficient (Wildman–Crippen LogP) is 1.49. The van der Waals surface area contributed by atoms with Gasteiger partial charge in [-0.3, -0.25) is 9.48 Å². The molecule has 1 N–H and O–H groups in total. The Morgan fingerprint density at radius 1 is 1.64 bits per heavy atom. The molecule has 0 bridgehead atoms. The highest BCUT2D eigenvalue weighted by Gasteiger charge is 2.11. The first-order chi connectivity index (χ1) is 6.69. The van der Waals surface area contributed by atoms with Gasteiger partial charge in [-0.15, -0.1) is 0 Å². The zero-order valence-electron chi connectivity index (χ0n) is 8.95. The summed E-state index contributed by atoms with van der Waals surface area (Å²) in [5.74, 6) is 0.0707. The van der Waals surface area contributed by atoms with Crippen molar-refractivity contribution in [2.75, 3.05) is 0 Å². The molecule has 4 nitrogen and oxygen atoms in total. The summed E-state index contributed by atoms with van der Waals surface area (Å²) in [6, 6.07) is 1.97. The topological polar surface area (TPSA) is 46.9 Å². The van der Waals surface area contributed by atoms with Crippen molar-refractivity contribution in [1.82, 2.24) is 15.1 Å². The lowest BCUT2D eigenvalue weighted by Crippen LogP contribution is -2.27. The zero-order valence-corrected chi connectivity index (χ0v) is 8.95. The SMILES string of the molecule is CCC(=O)NC(C)c1ccnn1CC. The first-order valence-corrected chi connectivity index (χ1v) is 5.00. The van der Waals surface area contributed by atoms with Crippen molar-refractivity contribution in [2.24, 2.45) is 0 Å². The Morgan fingerprint density at radius 3 is 2.93 bits per heavy atom. The summed E-state index contributed by atoms with van der Waals surface area (Å²) in [7, 11) is 0. The van der Waals surface area contributed by atoms with Gasteiger partial charge in [-0.25, -0.2) is 0 Å². The Kier molecular flexibility index (Phi) is 3.68. The van der Waals surface area contributed by atoms with E-state index < -0.39 is 0 Å². The Labute approximate surface area is 84.3 Å². The Morgan fingerprint density at radius 2 is 2.36 bits per heavy atom. The van der Waals surface area contributed by atoms with Crippen molar-refractivity contribution in [1.29, 1.82) is 0 Å². The van der Waals surface area contributed by atoms with Gasteiger partial charge < -0.3 is 5.32 Å². The number of carbonyl (C=O) groups is 1. The van der Waals surface area contributed by atoms with Crippen LogP contribution in [0.5, 0.6) is 0 Å². The monoisotopic (exact) mass is 195 g/mol. The number of aryl methyl sites for hydroxylation is 1. The van der Waals surface area contributed by atoms with Crippen LogP contribution in [0.1, 0.15) is 38.9 Å². The van der Waals surface area contributed by atoms with E-state index in [0.29, 0.717) is 6.42 Å². The second-order valence-electron chi connectivity index (χ2n) is 3.21. The number of nitrogens with one attached hydrogen (secondary N) is 1. The van der Waals surface area contributed by atoms with Gasteiger partial charge in [-0.2, -0.15) is 5.10 Å². The van der Waals surface area contributed by atoms with E-state index in [1.165, 1.54) is 0 Å². The molecule has 1 rings (SSSR count). The number of nitrogens with zero attached hydrogens (tertiary/aromatic N) is 2. The van der Waals surface area contributed by atoms with Crippen LogP contribution in [0, 0.1) is 0 Å². The molecular formula is C10H17N3O. The van der Waals surface area contributed by atoms with Crippen molar-refractivity contribution < 1.29 is 4.79 Å². The van der Waals surface area contributed by atoms with E-state index in [4.69, 9.17) is 0 Å². The zero-order chi connectivity index (χ0) is 10.6. The fourth-order valence-corrected chi connectivity index (χ4v) is 1.39. The fraction of sp³-hybridized carbons (Fsp3) is 0.600. The van der Waals surface area contributed by atoms with Crippen molar-refractivity contribution in [2.45, 2.75) is 39.8 Å². The molecule has 0 aliphatic rings. The van der Waals surface area contributed by atoms with Crippen LogP contribution in [0.15, 0.2) is 12.3 Å². The molecule has 4 heteroatoms. The first kappa shape index (κ1) is 10.8. The summed E-state index contributed by atoms with van der Waals surface area (Å²) in [4.78, 5) is 11.2. The molecule has 0 radical (unpaired) electrons. The highest BCUT2D eigenvalue weighted by molar-refractivity contribution is 5.75. The summed E-state index contributed by atoms with van der Waals surface area (Å²) in [5, 5.41) is 7.06. The van der Waals surface area contributed by atoms with E-state index in [9.17, 15) is 4.79 Å². The van der Waals surface area contributed by atoms with Gasteiger partial charge in [-0.05, 0) is 19.9 Å². The van der Waals surface area contributed by atoms with Crippen LogP contribution in [0.4, 0.5) is 0 Å². The summed E-state index contributed by atoms with van der Waals surface area (Å²) < 4.78 is 1.89. The van der Waals surface area contributed by atoms with Crippen molar-refractivity contribution in [3.8, 4) is 0 Å². The van der Waals surface area contributed by atoms with E-state index in [1.54, 1.807) is 6.20 Å². The van der Waals surface area contributed by atoms with Crippen LogP contribution in [-0.2, 0) is 11.3 Å². The molecule has 0 aliphatic heterocycles. The van der Waals surface area contributed by atoms with E-state index in [0.717, 1.165) is 12.2 Å². The maximum atomic E-state index is 11.2. The Balaban J connectivity index is 2.68. The largest absolute Gasteiger partial charge is 0.348 e. The fourth-order valence-electron chi connectivity index (χ4n) is 1.39. The van der Waals surface area contributed by atoms with Crippen LogP contribution < -0.4 is 5.32 Å². The maximum absolute atomic E-state index is 11.2. The average Bonchev–Trinajstić information content (AvgIpc) is 2.65. The van der Waals surface area contributed by atoms with Crippen molar-refractivity contribution in [3.63, 3.8) is 0 Å². The van der Waals surface area contributed by atoms with Gasteiger partial charge in [-0.1, -0.05) is 6.92 Å². The van der Waals surface area contributed by atoms with Crippen molar-refractivity contribution >= 4 is 5.91 Å². The minimum atomic E-state index is 0.0323. The standard InChI is InChI=1S/C10H17N3O/c1-4-10(14)12-8(3)9-6-7-11-13(9)5-2/h6-8H,4-5H2,1-3H3,(H,12,14). The highest BCUT2D eigenvalue weighted by atomic mass is 16.1.